The van der Waals surface area contributed by atoms with Crippen LogP contribution < -0.4 is 10.6 Å². The van der Waals surface area contributed by atoms with Crippen LogP contribution in [0.15, 0.2) is 41.6 Å². The van der Waals surface area contributed by atoms with Crippen molar-refractivity contribution in [3.8, 4) is 0 Å². The van der Waals surface area contributed by atoms with Gasteiger partial charge >= 0.3 is 0 Å². The van der Waals surface area contributed by atoms with Crippen LogP contribution in [0.2, 0.25) is 0 Å². The fourth-order valence-electron chi connectivity index (χ4n) is 3.27. The first-order chi connectivity index (χ1) is 15.8. The van der Waals surface area contributed by atoms with E-state index in [-0.39, 0.29) is 21.8 Å². The quantitative estimate of drug-likeness (QED) is 0.558. The van der Waals surface area contributed by atoms with Gasteiger partial charge in [-0.1, -0.05) is 54.5 Å². The van der Waals surface area contributed by atoms with E-state index in [1.54, 1.807) is 13.8 Å². The number of anilines is 1. The number of aromatic nitrogens is 2. The third-order valence-corrected chi connectivity index (χ3v) is 7.31. The van der Waals surface area contributed by atoms with Crippen molar-refractivity contribution in [1.29, 1.82) is 0 Å². The van der Waals surface area contributed by atoms with Crippen LogP contribution in [-0.2, 0) is 20.2 Å². The molecule has 0 aliphatic heterocycles. The highest BCUT2D eigenvalue weighted by atomic mass is 32.2. The lowest BCUT2D eigenvalue weighted by atomic mass is 9.96. The van der Waals surface area contributed by atoms with E-state index in [0.717, 1.165) is 0 Å². The molecule has 0 radical (unpaired) electrons. The molecule has 34 heavy (non-hydrogen) atoms. The summed E-state index contributed by atoms with van der Waals surface area (Å²) in [4.78, 5) is 34.5. The maximum atomic E-state index is 12.9. The van der Waals surface area contributed by atoms with Crippen molar-refractivity contribution in [2.24, 2.45) is 5.92 Å². The van der Waals surface area contributed by atoms with Crippen LogP contribution in [0.4, 0.5) is 5.69 Å². The largest absolute Gasteiger partial charge is 0.340 e. The van der Waals surface area contributed by atoms with Crippen LogP contribution in [0.5, 0.6) is 0 Å². The molecular weight excluding hydrogens is 454 g/mol. The molecule has 2 N–H and O–H groups in total. The molecule has 2 amide bonds. The minimum atomic E-state index is -3.71. The molecule has 1 aromatic heterocycles. The molecule has 1 atom stereocenters. The third kappa shape index (κ3) is 6.60. The van der Waals surface area contributed by atoms with E-state index >= 15 is 0 Å². The van der Waals surface area contributed by atoms with Crippen LogP contribution in [0.3, 0.4) is 0 Å². The van der Waals surface area contributed by atoms with Crippen molar-refractivity contribution in [3.63, 3.8) is 0 Å². The molecule has 2 rings (SSSR count). The van der Waals surface area contributed by atoms with Gasteiger partial charge < -0.3 is 10.6 Å². The van der Waals surface area contributed by atoms with Gasteiger partial charge in [-0.15, -0.1) is 0 Å². The van der Waals surface area contributed by atoms with Gasteiger partial charge in [-0.2, -0.15) is 4.31 Å². The van der Waals surface area contributed by atoms with E-state index in [1.165, 1.54) is 41.0 Å². The molecule has 0 saturated carbocycles. The van der Waals surface area contributed by atoms with Crippen LogP contribution in [0.1, 0.15) is 64.6 Å². The molecular formula is C24H35N5O4S. The second kappa shape index (κ2) is 11.1. The van der Waals surface area contributed by atoms with Crippen molar-refractivity contribution < 1.29 is 18.0 Å². The zero-order chi connectivity index (χ0) is 25.7. The molecule has 0 fully saturated rings. The number of hydrogen-bond acceptors (Lipinski definition) is 6. The topological polar surface area (TPSA) is 121 Å². The number of sulfonamides is 1. The Morgan fingerprint density at radius 1 is 1.06 bits per heavy atom. The molecule has 2 aromatic rings. The van der Waals surface area contributed by atoms with E-state index < -0.39 is 27.9 Å². The number of nitrogens with one attached hydrogen (secondary N) is 2. The zero-order valence-corrected chi connectivity index (χ0v) is 21.7. The molecule has 1 aromatic carbocycles. The highest BCUT2D eigenvalue weighted by Crippen LogP contribution is 2.19. The Balaban J connectivity index is 2.20. The predicted molar refractivity (Wildman–Crippen MR) is 132 cm³/mol. The van der Waals surface area contributed by atoms with E-state index in [0.29, 0.717) is 24.6 Å². The summed E-state index contributed by atoms with van der Waals surface area (Å²) in [6, 6.07) is 4.97. The fourth-order valence-corrected chi connectivity index (χ4v) is 4.77. The average Bonchev–Trinajstić information content (AvgIpc) is 2.77. The SMILES string of the molecule is CCN(CC)S(=O)(=O)c1cccc(C(=O)NC(C(=O)Nc2cnc(C(C)(C)C)nc2)C(C)C)c1. The van der Waals surface area contributed by atoms with E-state index in [1.807, 2.05) is 34.6 Å². The fraction of sp³-hybridized carbons (Fsp3) is 0.500. The monoisotopic (exact) mass is 489 g/mol. The molecule has 0 aliphatic carbocycles. The molecule has 0 saturated heterocycles. The molecule has 0 bridgehead atoms. The Kier molecular flexibility index (Phi) is 8.90. The van der Waals surface area contributed by atoms with Gasteiger partial charge in [0.2, 0.25) is 15.9 Å². The first-order valence-electron chi connectivity index (χ1n) is 11.4. The Hall–Kier alpha value is -2.85. The smallest absolute Gasteiger partial charge is 0.251 e. The number of rotatable bonds is 9. The Morgan fingerprint density at radius 3 is 2.15 bits per heavy atom. The second-order valence-corrected chi connectivity index (χ2v) is 11.3. The Labute approximate surface area is 202 Å². The molecule has 1 heterocycles. The molecule has 10 heteroatoms. The molecule has 1 unspecified atom stereocenters. The lowest BCUT2D eigenvalue weighted by Crippen LogP contribution is -2.47. The summed E-state index contributed by atoms with van der Waals surface area (Å²) in [5.41, 5.74) is 0.361. The van der Waals surface area contributed by atoms with Crippen LogP contribution in [0.25, 0.3) is 0 Å². The number of nitrogens with zero attached hydrogens (tertiary/aromatic N) is 3. The Bertz CT molecular complexity index is 1100. The highest BCUT2D eigenvalue weighted by Gasteiger charge is 2.27. The van der Waals surface area contributed by atoms with Gasteiger partial charge in [0.1, 0.15) is 11.9 Å². The van der Waals surface area contributed by atoms with E-state index in [9.17, 15) is 18.0 Å². The van der Waals surface area contributed by atoms with Crippen LogP contribution >= 0.6 is 0 Å². The summed E-state index contributed by atoms with van der Waals surface area (Å²) in [7, 11) is -3.71. The number of hydrogen-bond donors (Lipinski definition) is 2. The number of carbonyl (C=O) groups is 2. The van der Waals surface area contributed by atoms with Gasteiger partial charge in [-0.25, -0.2) is 18.4 Å². The standard InChI is InChI=1S/C24H35N5O4S/c1-8-29(9-2)34(32,33)19-12-10-11-17(13-19)21(30)28-20(16(3)4)22(31)27-18-14-25-23(26-15-18)24(5,6)7/h10-16,20H,8-9H2,1-7H3,(H,27,31)(H,28,30). The molecule has 0 spiro atoms. The van der Waals surface area contributed by atoms with Crippen molar-refractivity contribution >= 4 is 27.5 Å². The summed E-state index contributed by atoms with van der Waals surface area (Å²) in [5, 5.41) is 5.47. The maximum absolute atomic E-state index is 12.9. The van der Waals surface area contributed by atoms with Gasteiger partial charge in [0.05, 0.1) is 23.0 Å². The van der Waals surface area contributed by atoms with Gasteiger partial charge in [0.15, 0.2) is 0 Å². The Morgan fingerprint density at radius 2 is 1.65 bits per heavy atom. The minimum Gasteiger partial charge on any atom is -0.340 e. The first kappa shape index (κ1) is 27.4. The number of amides is 2. The summed E-state index contributed by atoms with van der Waals surface area (Å²) in [6.45, 7) is 13.8. The summed E-state index contributed by atoms with van der Waals surface area (Å²) >= 11 is 0. The van der Waals surface area contributed by atoms with Gasteiger partial charge in [-0.3, -0.25) is 9.59 Å². The molecule has 9 nitrogen and oxygen atoms in total. The van der Waals surface area contributed by atoms with Crippen molar-refractivity contribution in [3.05, 3.63) is 48.0 Å². The van der Waals surface area contributed by atoms with Crippen molar-refractivity contribution in [1.82, 2.24) is 19.6 Å². The summed E-state index contributed by atoms with van der Waals surface area (Å²) < 4.78 is 27.0. The second-order valence-electron chi connectivity index (χ2n) is 9.35. The normalized spacial score (nSPS) is 13.1. The van der Waals surface area contributed by atoms with E-state index in [4.69, 9.17) is 0 Å². The minimum absolute atomic E-state index is 0.0329. The van der Waals surface area contributed by atoms with Gasteiger partial charge in [-0.05, 0) is 24.1 Å². The van der Waals surface area contributed by atoms with Crippen molar-refractivity contribution in [2.45, 2.75) is 64.8 Å². The van der Waals surface area contributed by atoms with Crippen LogP contribution in [0, 0.1) is 5.92 Å². The average molecular weight is 490 g/mol. The lowest BCUT2D eigenvalue weighted by Gasteiger charge is -2.22. The lowest BCUT2D eigenvalue weighted by molar-refractivity contribution is -0.118. The number of carbonyl (C=O) groups excluding carboxylic acids is 2. The molecule has 186 valence electrons. The summed E-state index contributed by atoms with van der Waals surface area (Å²) in [6.07, 6.45) is 3.07. The van der Waals surface area contributed by atoms with Gasteiger partial charge in [0.25, 0.3) is 5.91 Å². The predicted octanol–water partition coefficient (Wildman–Crippen LogP) is 3.20. The first-order valence-corrected chi connectivity index (χ1v) is 12.8. The third-order valence-electron chi connectivity index (χ3n) is 5.27. The molecule has 0 aliphatic rings. The van der Waals surface area contributed by atoms with E-state index in [2.05, 4.69) is 20.6 Å². The zero-order valence-electron chi connectivity index (χ0n) is 20.9. The highest BCUT2D eigenvalue weighted by molar-refractivity contribution is 7.89. The summed E-state index contributed by atoms with van der Waals surface area (Å²) in [5.74, 6) is -0.521. The van der Waals surface area contributed by atoms with Crippen LogP contribution in [-0.4, -0.2) is 53.6 Å². The number of benzene rings is 1. The van der Waals surface area contributed by atoms with Crippen molar-refractivity contribution in [2.75, 3.05) is 18.4 Å². The van der Waals surface area contributed by atoms with Gasteiger partial charge in [0, 0.05) is 24.1 Å². The maximum Gasteiger partial charge on any atom is 0.251 e.